The zero-order valence-electron chi connectivity index (χ0n) is 25.6. The van der Waals surface area contributed by atoms with Gasteiger partial charge in [0.15, 0.2) is 0 Å². The Bertz CT molecular complexity index is 1810. The van der Waals surface area contributed by atoms with Crippen molar-refractivity contribution in [3.8, 4) is 11.5 Å². The van der Waals surface area contributed by atoms with E-state index in [1.165, 1.54) is 4.31 Å². The van der Waals surface area contributed by atoms with Crippen molar-refractivity contribution in [1.82, 2.24) is 19.3 Å². The van der Waals surface area contributed by atoms with Gasteiger partial charge in [0.1, 0.15) is 33.5 Å². The number of hydrogen-bond acceptors (Lipinski definition) is 7. The van der Waals surface area contributed by atoms with Crippen molar-refractivity contribution in [2.45, 2.75) is 69.9 Å². The summed E-state index contributed by atoms with van der Waals surface area (Å²) in [6, 6.07) is 14.7. The summed E-state index contributed by atoms with van der Waals surface area (Å²) >= 11 is 0. The number of fused-ring (bicyclic) bond motifs is 2. The summed E-state index contributed by atoms with van der Waals surface area (Å²) in [7, 11) is -0.566. The van der Waals surface area contributed by atoms with Crippen LogP contribution in [0.25, 0.3) is 11.0 Å². The van der Waals surface area contributed by atoms with Crippen molar-refractivity contribution in [1.29, 1.82) is 0 Å². The predicted molar refractivity (Wildman–Crippen MR) is 163 cm³/mol. The van der Waals surface area contributed by atoms with Gasteiger partial charge in [0.25, 0.3) is 0 Å². The van der Waals surface area contributed by atoms with Crippen molar-refractivity contribution < 1.29 is 27.8 Å². The Hall–Kier alpha value is -3.96. The van der Waals surface area contributed by atoms with Crippen LogP contribution in [0.15, 0.2) is 53.4 Å². The number of carbonyl (C=O) groups is 1. The highest BCUT2D eigenvalue weighted by molar-refractivity contribution is 7.89. The second kappa shape index (κ2) is 11.3. The number of hydrogen-bond donors (Lipinski definition) is 1. The minimum Gasteiger partial charge on any atom is -0.494 e. The molecule has 2 heterocycles. The van der Waals surface area contributed by atoms with Gasteiger partial charge in [0, 0.05) is 19.5 Å². The number of nitrogens with zero attached hydrogens (tertiary/aromatic N) is 4. The highest BCUT2D eigenvalue weighted by Gasteiger charge is 2.35. The van der Waals surface area contributed by atoms with Crippen molar-refractivity contribution >= 4 is 27.0 Å². The standard InChI is InChI=1S/C32H38N4O6S/c1-19-8-9-21(25(16-30(37)38)22-13-26-31(28(14-22)41-7)35(6)34-33-26)12-23(19)18-36-17-20(2)42-27-15-24(32(3,4)5)10-11-29(27)43(36,39)40/h8-15,20,25H,16-18H2,1-7H3,(H,37,38)/t20-,25+/m1/s1. The molecule has 43 heavy (non-hydrogen) atoms. The third-order valence-electron chi connectivity index (χ3n) is 8.03. The first-order valence-corrected chi connectivity index (χ1v) is 15.6. The number of aliphatic carboxylic acids is 1. The van der Waals surface area contributed by atoms with E-state index >= 15 is 0 Å². The molecule has 0 spiro atoms. The fourth-order valence-corrected chi connectivity index (χ4v) is 7.21. The molecule has 0 unspecified atom stereocenters. The van der Waals surface area contributed by atoms with Gasteiger partial charge in [-0.3, -0.25) is 4.79 Å². The number of methoxy groups -OCH3 is 1. The first kappa shape index (κ1) is 30.5. The maximum atomic E-state index is 14.0. The molecule has 0 radical (unpaired) electrons. The lowest BCUT2D eigenvalue weighted by atomic mass is 9.86. The van der Waals surface area contributed by atoms with Crippen molar-refractivity contribution in [3.05, 3.63) is 76.3 Å². The fraction of sp³-hybridized carbons (Fsp3) is 0.406. The molecule has 228 valence electrons. The number of carboxylic acids is 1. The van der Waals surface area contributed by atoms with E-state index in [0.717, 1.165) is 27.8 Å². The molecular formula is C32H38N4O6S. The monoisotopic (exact) mass is 606 g/mol. The number of aromatic nitrogens is 3. The van der Waals surface area contributed by atoms with Gasteiger partial charge < -0.3 is 14.6 Å². The van der Waals surface area contributed by atoms with Gasteiger partial charge in [-0.15, -0.1) is 5.10 Å². The van der Waals surface area contributed by atoms with Crippen LogP contribution in [0.3, 0.4) is 0 Å². The number of aryl methyl sites for hydroxylation is 2. The molecule has 0 aliphatic carbocycles. The molecule has 0 saturated carbocycles. The van der Waals surface area contributed by atoms with Crippen LogP contribution in [0.2, 0.25) is 0 Å². The maximum absolute atomic E-state index is 14.0. The van der Waals surface area contributed by atoms with Crippen LogP contribution in [-0.4, -0.2) is 58.6 Å². The Morgan fingerprint density at radius 1 is 1.14 bits per heavy atom. The molecule has 3 aromatic carbocycles. The first-order chi connectivity index (χ1) is 20.2. The number of carboxylic acid groups (broad SMARTS) is 1. The van der Waals surface area contributed by atoms with Gasteiger partial charge in [-0.1, -0.05) is 50.3 Å². The molecular weight excluding hydrogens is 568 g/mol. The molecule has 1 aliphatic rings. The van der Waals surface area contributed by atoms with E-state index < -0.39 is 21.9 Å². The van der Waals surface area contributed by atoms with Crippen molar-refractivity contribution in [3.63, 3.8) is 0 Å². The third kappa shape index (κ3) is 5.96. The van der Waals surface area contributed by atoms with E-state index in [9.17, 15) is 18.3 Å². The van der Waals surface area contributed by atoms with Crippen LogP contribution in [0.4, 0.5) is 0 Å². The summed E-state index contributed by atoms with van der Waals surface area (Å²) in [4.78, 5) is 12.2. The third-order valence-corrected chi connectivity index (χ3v) is 9.88. The lowest BCUT2D eigenvalue weighted by Gasteiger charge is -2.24. The van der Waals surface area contributed by atoms with Crippen LogP contribution >= 0.6 is 0 Å². The quantitative estimate of drug-likeness (QED) is 0.306. The number of ether oxygens (including phenoxy) is 2. The molecule has 1 aliphatic heterocycles. The van der Waals surface area contributed by atoms with Gasteiger partial charge in [-0.2, -0.15) is 4.31 Å². The van der Waals surface area contributed by atoms with Gasteiger partial charge in [0.05, 0.1) is 20.1 Å². The Balaban J connectivity index is 1.54. The lowest BCUT2D eigenvalue weighted by Crippen LogP contribution is -2.35. The van der Waals surface area contributed by atoms with Crippen LogP contribution in [0.1, 0.15) is 67.9 Å². The number of benzene rings is 3. The maximum Gasteiger partial charge on any atom is 0.304 e. The van der Waals surface area contributed by atoms with E-state index in [4.69, 9.17) is 9.47 Å². The number of sulfonamides is 1. The lowest BCUT2D eigenvalue weighted by molar-refractivity contribution is -0.137. The van der Waals surface area contributed by atoms with Crippen molar-refractivity contribution in [2.24, 2.45) is 7.05 Å². The summed E-state index contributed by atoms with van der Waals surface area (Å²) in [6.07, 6.45) is -0.547. The molecule has 2 atom stereocenters. The minimum atomic E-state index is -3.88. The average Bonchev–Trinajstić information content (AvgIpc) is 3.27. The SMILES string of the molecule is COc1cc([C@@H](CC(=O)O)c2ccc(C)c(CN3C[C@@H](C)Oc4cc(C(C)(C)C)ccc4S3(=O)=O)c2)cc2nnn(C)c12. The molecule has 0 amide bonds. The van der Waals surface area contributed by atoms with E-state index in [0.29, 0.717) is 22.5 Å². The molecule has 11 heteroatoms. The summed E-state index contributed by atoms with van der Waals surface area (Å²) < 4.78 is 42.7. The summed E-state index contributed by atoms with van der Waals surface area (Å²) in [5.41, 5.74) is 5.28. The zero-order valence-corrected chi connectivity index (χ0v) is 26.4. The van der Waals surface area contributed by atoms with E-state index in [2.05, 4.69) is 31.1 Å². The zero-order chi connectivity index (χ0) is 31.3. The second-order valence-electron chi connectivity index (χ2n) is 12.3. The van der Waals surface area contributed by atoms with Gasteiger partial charge in [0.2, 0.25) is 10.0 Å². The molecule has 0 bridgehead atoms. The molecule has 10 nitrogen and oxygen atoms in total. The van der Waals surface area contributed by atoms with E-state index in [1.807, 2.05) is 56.3 Å². The van der Waals surface area contributed by atoms with Gasteiger partial charge >= 0.3 is 5.97 Å². The normalized spacial score (nSPS) is 17.6. The smallest absolute Gasteiger partial charge is 0.304 e. The highest BCUT2D eigenvalue weighted by Crippen LogP contribution is 2.38. The second-order valence-corrected chi connectivity index (χ2v) is 14.2. The number of rotatable bonds is 7. The van der Waals surface area contributed by atoms with E-state index in [-0.39, 0.29) is 35.9 Å². The Kier molecular flexibility index (Phi) is 8.00. The summed E-state index contributed by atoms with van der Waals surface area (Å²) in [5.74, 6) is -0.585. The summed E-state index contributed by atoms with van der Waals surface area (Å²) in [5, 5.41) is 18.2. The molecule has 1 N–H and O–H groups in total. The van der Waals surface area contributed by atoms with Gasteiger partial charge in [-0.05, 0) is 71.3 Å². The van der Waals surface area contributed by atoms with E-state index in [1.54, 1.807) is 24.9 Å². The van der Waals surface area contributed by atoms with Crippen molar-refractivity contribution in [2.75, 3.05) is 13.7 Å². The topological polar surface area (TPSA) is 124 Å². The molecule has 1 aromatic heterocycles. The molecule has 0 saturated heterocycles. The van der Waals surface area contributed by atoms with Crippen LogP contribution < -0.4 is 9.47 Å². The Morgan fingerprint density at radius 3 is 2.56 bits per heavy atom. The average molecular weight is 607 g/mol. The minimum absolute atomic E-state index is 0.114. The fourth-order valence-electron chi connectivity index (χ4n) is 5.61. The largest absolute Gasteiger partial charge is 0.494 e. The molecule has 0 fully saturated rings. The molecule has 4 aromatic rings. The van der Waals surface area contributed by atoms with Crippen LogP contribution in [0.5, 0.6) is 11.5 Å². The first-order valence-electron chi connectivity index (χ1n) is 14.2. The predicted octanol–water partition coefficient (Wildman–Crippen LogP) is 5.16. The highest BCUT2D eigenvalue weighted by atomic mass is 32.2. The van der Waals surface area contributed by atoms with Crippen LogP contribution in [-0.2, 0) is 33.8 Å². The summed E-state index contributed by atoms with van der Waals surface area (Å²) in [6.45, 7) is 10.3. The van der Waals surface area contributed by atoms with Gasteiger partial charge in [-0.25, -0.2) is 13.1 Å². The van der Waals surface area contributed by atoms with Crippen LogP contribution in [0, 0.1) is 6.92 Å². The Morgan fingerprint density at radius 2 is 1.88 bits per heavy atom. The molecule has 5 rings (SSSR count). The Labute approximate surface area is 252 Å².